The van der Waals surface area contributed by atoms with Gasteiger partial charge in [0.1, 0.15) is 6.17 Å². The highest BCUT2D eigenvalue weighted by atomic mass is 19.1. The Kier molecular flexibility index (Phi) is 6.02. The number of alkyl halides is 1. The van der Waals surface area contributed by atoms with Crippen LogP contribution in [0.3, 0.4) is 0 Å². The van der Waals surface area contributed by atoms with Gasteiger partial charge in [0, 0.05) is 12.3 Å². The van der Waals surface area contributed by atoms with Gasteiger partial charge in [-0.1, -0.05) is 27.2 Å². The molecule has 30 heavy (non-hydrogen) atoms. The van der Waals surface area contributed by atoms with Crippen molar-refractivity contribution in [2.24, 2.45) is 46.3 Å². The lowest BCUT2D eigenvalue weighted by Crippen LogP contribution is -2.64. The molecule has 0 spiro atoms. The summed E-state index contributed by atoms with van der Waals surface area (Å²) in [6.07, 6.45) is 5.81. The molecule has 0 aromatic heterocycles. The molecule has 0 heterocycles. The van der Waals surface area contributed by atoms with Gasteiger partial charge in [0.15, 0.2) is 0 Å². The molecule has 4 fully saturated rings. The first-order chi connectivity index (χ1) is 14.1. The molecule has 0 radical (unpaired) electrons. The van der Waals surface area contributed by atoms with Crippen LogP contribution in [-0.2, 0) is 4.79 Å². The Morgan fingerprint density at radius 1 is 1.03 bits per heavy atom. The molecule has 5 heteroatoms. The summed E-state index contributed by atoms with van der Waals surface area (Å²) in [5, 5.41) is 30.9. The third-order valence-corrected chi connectivity index (χ3v) is 10.5. The number of aliphatic hydroxyl groups excluding tert-OH is 2. The quantitative estimate of drug-likeness (QED) is 0.591. The predicted octanol–water partition coefficient (Wildman–Crippen LogP) is 4.82. The fourth-order valence-electron chi connectivity index (χ4n) is 9.06. The maximum absolute atomic E-state index is 15.3. The zero-order valence-corrected chi connectivity index (χ0v) is 18.9. The molecule has 4 rings (SSSR count). The summed E-state index contributed by atoms with van der Waals surface area (Å²) in [6, 6.07) is 0. The minimum absolute atomic E-state index is 0.0883. The monoisotopic (exact) mass is 424 g/mol. The van der Waals surface area contributed by atoms with Crippen LogP contribution in [0, 0.1) is 46.3 Å². The summed E-state index contributed by atoms with van der Waals surface area (Å²) in [4.78, 5) is 11.0. The number of rotatable bonds is 5. The lowest BCUT2D eigenvalue weighted by Gasteiger charge is -2.65. The molecule has 4 nitrogen and oxygen atoms in total. The van der Waals surface area contributed by atoms with Crippen molar-refractivity contribution < 1.29 is 24.5 Å². The van der Waals surface area contributed by atoms with E-state index in [1.54, 1.807) is 0 Å². The molecule has 4 aliphatic carbocycles. The van der Waals surface area contributed by atoms with Crippen LogP contribution in [0.5, 0.6) is 0 Å². The molecule has 11 atom stereocenters. The number of hydrogen-bond donors (Lipinski definition) is 3. The van der Waals surface area contributed by atoms with E-state index >= 15 is 4.39 Å². The van der Waals surface area contributed by atoms with Crippen molar-refractivity contribution in [2.75, 3.05) is 0 Å². The van der Waals surface area contributed by atoms with Crippen LogP contribution in [0.25, 0.3) is 0 Å². The smallest absolute Gasteiger partial charge is 0.303 e. The van der Waals surface area contributed by atoms with Gasteiger partial charge in [-0.3, -0.25) is 4.79 Å². The van der Waals surface area contributed by atoms with Gasteiger partial charge in [0.05, 0.1) is 12.2 Å². The maximum Gasteiger partial charge on any atom is 0.303 e. The van der Waals surface area contributed by atoms with Crippen molar-refractivity contribution in [3.05, 3.63) is 0 Å². The van der Waals surface area contributed by atoms with Crippen molar-refractivity contribution in [3.63, 3.8) is 0 Å². The molecule has 0 bridgehead atoms. The Morgan fingerprint density at radius 2 is 1.70 bits per heavy atom. The Labute approximate surface area is 180 Å². The molecule has 4 saturated carbocycles. The van der Waals surface area contributed by atoms with E-state index in [2.05, 4.69) is 20.8 Å². The molecule has 4 aliphatic rings. The zero-order chi connectivity index (χ0) is 21.8. The number of carbonyl (C=O) groups is 1. The Bertz CT molecular complexity index is 655. The van der Waals surface area contributed by atoms with E-state index in [1.807, 2.05) is 0 Å². The summed E-state index contributed by atoms with van der Waals surface area (Å²) in [7, 11) is 0. The third kappa shape index (κ3) is 3.25. The van der Waals surface area contributed by atoms with Crippen molar-refractivity contribution in [2.45, 2.75) is 103 Å². The Morgan fingerprint density at radius 3 is 2.37 bits per heavy atom. The van der Waals surface area contributed by atoms with Gasteiger partial charge >= 0.3 is 5.97 Å². The molecule has 0 aromatic rings. The first-order valence-electron chi connectivity index (χ1n) is 12.4. The molecular weight excluding hydrogens is 383 g/mol. The van der Waals surface area contributed by atoms with Crippen molar-refractivity contribution in [1.29, 1.82) is 0 Å². The number of fused-ring (bicyclic) bond motifs is 5. The van der Waals surface area contributed by atoms with Gasteiger partial charge in [-0.15, -0.1) is 0 Å². The highest BCUT2D eigenvalue weighted by Crippen LogP contribution is 2.69. The first-order valence-corrected chi connectivity index (χ1v) is 12.4. The van der Waals surface area contributed by atoms with Gasteiger partial charge in [0.2, 0.25) is 0 Å². The third-order valence-electron chi connectivity index (χ3n) is 10.5. The second-order valence-corrected chi connectivity index (χ2v) is 11.5. The standard InChI is InChI=1S/C25H41FO4/c1-4-15-21-22(26)18(27)11-13-25(21,3)17-10-12-24(2)14(6-5-7-19(28)29)8-9-16(24)20(17)23(15)30/h14-18,20-23,27,30H,4-13H2,1-3H3,(H,28,29)/t14?,15-,16?,17?,18-,20?,21-,22+,23-,24-,25-/m1/s1. The van der Waals surface area contributed by atoms with E-state index < -0.39 is 24.3 Å². The van der Waals surface area contributed by atoms with Gasteiger partial charge in [-0.25, -0.2) is 4.39 Å². The van der Waals surface area contributed by atoms with Crippen molar-refractivity contribution in [3.8, 4) is 0 Å². The van der Waals surface area contributed by atoms with Crippen molar-refractivity contribution in [1.82, 2.24) is 0 Å². The average molecular weight is 425 g/mol. The topological polar surface area (TPSA) is 77.8 Å². The lowest BCUT2D eigenvalue weighted by atomic mass is 9.41. The number of aliphatic carboxylic acids is 1. The highest BCUT2D eigenvalue weighted by Gasteiger charge is 2.66. The number of halogens is 1. The Hall–Kier alpha value is -0.680. The lowest BCUT2D eigenvalue weighted by molar-refractivity contribution is -0.221. The molecule has 4 unspecified atom stereocenters. The second kappa shape index (κ2) is 8.03. The van der Waals surface area contributed by atoms with Gasteiger partial charge in [-0.2, -0.15) is 0 Å². The summed E-state index contributed by atoms with van der Waals surface area (Å²) < 4.78 is 15.3. The highest BCUT2D eigenvalue weighted by molar-refractivity contribution is 5.66. The van der Waals surface area contributed by atoms with E-state index in [0.29, 0.717) is 24.2 Å². The van der Waals surface area contributed by atoms with E-state index in [9.17, 15) is 15.0 Å². The summed E-state index contributed by atoms with van der Waals surface area (Å²) in [5.41, 5.74) is 0.0113. The van der Waals surface area contributed by atoms with Gasteiger partial charge in [0.25, 0.3) is 0 Å². The van der Waals surface area contributed by atoms with E-state index in [0.717, 1.165) is 51.4 Å². The normalized spacial score (nSPS) is 52.9. The van der Waals surface area contributed by atoms with Crippen LogP contribution in [0.4, 0.5) is 4.39 Å². The van der Waals surface area contributed by atoms with Crippen LogP contribution >= 0.6 is 0 Å². The summed E-state index contributed by atoms with van der Waals surface area (Å²) in [5.74, 6) is 0.449. The molecule has 0 aromatic carbocycles. The fourth-order valence-corrected chi connectivity index (χ4v) is 9.06. The van der Waals surface area contributed by atoms with Crippen molar-refractivity contribution >= 4 is 5.97 Å². The zero-order valence-electron chi connectivity index (χ0n) is 18.9. The maximum atomic E-state index is 15.3. The number of aliphatic hydroxyl groups is 2. The molecule has 0 aliphatic heterocycles. The first kappa shape index (κ1) is 22.5. The average Bonchev–Trinajstić information content (AvgIpc) is 3.03. The van der Waals surface area contributed by atoms with Crippen LogP contribution < -0.4 is 0 Å². The molecular formula is C25H41FO4. The molecule has 172 valence electrons. The van der Waals surface area contributed by atoms with E-state index in [-0.39, 0.29) is 35.0 Å². The van der Waals surface area contributed by atoms with Gasteiger partial charge in [-0.05, 0) is 91.8 Å². The molecule has 0 amide bonds. The SMILES string of the molecule is CC[C@@H]1[C@@H]2[C@@H](F)[C@H](O)CC[C@]2(C)C2CC[C@]3(C)C(CCCC(=O)O)CCC3C2[C@@H]1O. The van der Waals surface area contributed by atoms with E-state index in [1.165, 1.54) is 0 Å². The number of carboxylic acid groups (broad SMARTS) is 1. The number of carboxylic acids is 1. The van der Waals surface area contributed by atoms with E-state index in [4.69, 9.17) is 5.11 Å². The van der Waals surface area contributed by atoms with Crippen LogP contribution in [0.15, 0.2) is 0 Å². The Balaban J connectivity index is 1.61. The van der Waals surface area contributed by atoms with Crippen LogP contribution in [0.1, 0.15) is 85.0 Å². The number of hydrogen-bond acceptors (Lipinski definition) is 3. The minimum Gasteiger partial charge on any atom is -0.481 e. The predicted molar refractivity (Wildman–Crippen MR) is 114 cm³/mol. The van der Waals surface area contributed by atoms with Crippen LogP contribution in [0.2, 0.25) is 0 Å². The molecule has 3 N–H and O–H groups in total. The largest absolute Gasteiger partial charge is 0.481 e. The van der Waals surface area contributed by atoms with Gasteiger partial charge < -0.3 is 15.3 Å². The molecule has 0 saturated heterocycles. The summed E-state index contributed by atoms with van der Waals surface area (Å²) in [6.45, 7) is 6.70. The second-order valence-electron chi connectivity index (χ2n) is 11.5. The van der Waals surface area contributed by atoms with Crippen LogP contribution in [-0.4, -0.2) is 39.7 Å². The minimum atomic E-state index is -1.23. The fraction of sp³-hybridized carbons (Fsp3) is 0.960. The summed E-state index contributed by atoms with van der Waals surface area (Å²) >= 11 is 0.